The Morgan fingerprint density at radius 2 is 1.78 bits per heavy atom. The average molecular weight is 238 g/mol. The van der Waals surface area contributed by atoms with Crippen molar-refractivity contribution in [2.45, 2.75) is 13.3 Å². The van der Waals surface area contributed by atoms with Crippen LogP contribution in [-0.2, 0) is 6.42 Å². The van der Waals surface area contributed by atoms with Crippen LogP contribution in [0.5, 0.6) is 0 Å². The van der Waals surface area contributed by atoms with Gasteiger partial charge in [0.25, 0.3) is 5.56 Å². The molecule has 3 nitrogen and oxygen atoms in total. The molecule has 0 spiro atoms. The second-order valence-corrected chi connectivity index (χ2v) is 4.32. The molecule has 0 bridgehead atoms. The minimum atomic E-state index is -0.00477. The summed E-state index contributed by atoms with van der Waals surface area (Å²) in [6.45, 7) is 2.12. The van der Waals surface area contributed by atoms with E-state index in [1.807, 2.05) is 48.5 Å². The highest BCUT2D eigenvalue weighted by Crippen LogP contribution is 2.11. The minimum absolute atomic E-state index is 0.00477. The Labute approximate surface area is 105 Å². The maximum atomic E-state index is 12.2. The highest BCUT2D eigenvalue weighted by molar-refractivity contribution is 5.78. The topological polar surface area (TPSA) is 37.8 Å². The smallest absolute Gasteiger partial charge is 0.279 e. The highest BCUT2D eigenvalue weighted by Gasteiger charge is 2.06. The first-order chi connectivity index (χ1) is 8.79. The van der Waals surface area contributed by atoms with Gasteiger partial charge >= 0.3 is 0 Å². The highest BCUT2D eigenvalue weighted by atomic mass is 16.1. The first-order valence-corrected chi connectivity index (χ1v) is 6.08. The van der Waals surface area contributed by atoms with E-state index in [4.69, 9.17) is 0 Å². The van der Waals surface area contributed by atoms with Gasteiger partial charge < -0.3 is 0 Å². The molecule has 1 N–H and O–H groups in total. The maximum absolute atomic E-state index is 12.2. The molecule has 90 valence electrons. The monoisotopic (exact) mass is 238 g/mol. The third-order valence-electron chi connectivity index (χ3n) is 3.20. The predicted molar refractivity (Wildman–Crippen MR) is 73.3 cm³/mol. The molecule has 0 saturated carbocycles. The molecule has 1 aromatic heterocycles. The number of aromatic amines is 1. The molecule has 0 aliphatic heterocycles. The number of benzene rings is 2. The number of nitrogens with zero attached hydrogens (tertiary/aromatic N) is 1. The van der Waals surface area contributed by atoms with Crippen LogP contribution in [0.1, 0.15) is 12.5 Å². The number of rotatable bonds is 2. The van der Waals surface area contributed by atoms with Crippen LogP contribution < -0.4 is 5.56 Å². The lowest BCUT2D eigenvalue weighted by Crippen LogP contribution is -2.14. The largest absolute Gasteiger partial charge is 0.290 e. The Bertz CT molecular complexity index is 735. The summed E-state index contributed by atoms with van der Waals surface area (Å²) in [5, 5.41) is 3.84. The summed E-state index contributed by atoms with van der Waals surface area (Å²) in [5.41, 5.74) is 2.99. The van der Waals surface area contributed by atoms with Crippen LogP contribution in [0.25, 0.3) is 16.6 Å². The summed E-state index contributed by atoms with van der Waals surface area (Å²) < 4.78 is 1.59. The number of hydrogen-bond donors (Lipinski definition) is 1. The molecule has 0 radical (unpaired) electrons. The van der Waals surface area contributed by atoms with Crippen molar-refractivity contribution in [3.05, 3.63) is 64.4 Å². The molecule has 0 fully saturated rings. The quantitative estimate of drug-likeness (QED) is 0.732. The molecule has 0 aliphatic carbocycles. The van der Waals surface area contributed by atoms with Crippen molar-refractivity contribution in [3.63, 3.8) is 0 Å². The van der Waals surface area contributed by atoms with E-state index in [1.54, 1.807) is 4.68 Å². The number of fused-ring (bicyclic) bond motifs is 1. The van der Waals surface area contributed by atoms with Crippen molar-refractivity contribution in [1.82, 2.24) is 9.78 Å². The molecule has 18 heavy (non-hydrogen) atoms. The molecular formula is C15H14N2O. The van der Waals surface area contributed by atoms with Crippen LogP contribution >= 0.6 is 0 Å². The number of aryl methyl sites for hydroxylation is 1. The molecule has 0 amide bonds. The van der Waals surface area contributed by atoms with E-state index < -0.39 is 0 Å². The van der Waals surface area contributed by atoms with Crippen LogP contribution in [0.2, 0.25) is 0 Å². The number of H-pyrrole nitrogens is 1. The molecule has 0 aliphatic rings. The number of para-hydroxylation sites is 1. The molecule has 3 aromatic rings. The van der Waals surface area contributed by atoms with Crippen molar-refractivity contribution >= 4 is 10.9 Å². The summed E-state index contributed by atoms with van der Waals surface area (Å²) in [6, 6.07) is 15.6. The lowest BCUT2D eigenvalue weighted by atomic mass is 10.1. The summed E-state index contributed by atoms with van der Waals surface area (Å²) in [7, 11) is 0. The van der Waals surface area contributed by atoms with E-state index in [2.05, 4.69) is 12.0 Å². The average Bonchev–Trinajstić information content (AvgIpc) is 2.77. The first-order valence-electron chi connectivity index (χ1n) is 6.08. The molecular weight excluding hydrogens is 224 g/mol. The Kier molecular flexibility index (Phi) is 2.52. The first kappa shape index (κ1) is 10.8. The van der Waals surface area contributed by atoms with Crippen LogP contribution in [-0.4, -0.2) is 9.78 Å². The second-order valence-electron chi connectivity index (χ2n) is 4.32. The van der Waals surface area contributed by atoms with Gasteiger partial charge in [0.2, 0.25) is 0 Å². The zero-order valence-electron chi connectivity index (χ0n) is 10.2. The van der Waals surface area contributed by atoms with E-state index in [0.29, 0.717) is 0 Å². The van der Waals surface area contributed by atoms with Crippen LogP contribution in [0.4, 0.5) is 0 Å². The van der Waals surface area contributed by atoms with Gasteiger partial charge in [-0.25, -0.2) is 4.68 Å². The second kappa shape index (κ2) is 4.18. The summed E-state index contributed by atoms with van der Waals surface area (Å²) in [6.07, 6.45) is 1.00. The Balaban J connectivity index is 2.18. The lowest BCUT2D eigenvalue weighted by molar-refractivity contribution is 0.862. The standard InChI is InChI=1S/C15H14N2O/c1-2-11-7-9-12(10-8-11)17-15(18)13-5-3-4-6-14(13)16-17/h3-10,16H,2H2,1H3. The number of nitrogens with one attached hydrogen (secondary N) is 1. The van der Waals surface area contributed by atoms with Crippen molar-refractivity contribution < 1.29 is 0 Å². The Morgan fingerprint density at radius 1 is 1.06 bits per heavy atom. The molecule has 1 heterocycles. The lowest BCUT2D eigenvalue weighted by Gasteiger charge is -2.02. The van der Waals surface area contributed by atoms with Gasteiger partial charge in [0.15, 0.2) is 0 Å². The normalized spacial score (nSPS) is 10.9. The summed E-state index contributed by atoms with van der Waals surface area (Å²) >= 11 is 0. The zero-order valence-corrected chi connectivity index (χ0v) is 10.2. The fraction of sp³-hybridized carbons (Fsp3) is 0.133. The van der Waals surface area contributed by atoms with Crippen LogP contribution in [0, 0.1) is 0 Å². The molecule has 3 rings (SSSR count). The SMILES string of the molecule is CCc1ccc(-n2[nH]c3ccccc3c2=O)cc1. The van der Waals surface area contributed by atoms with Gasteiger partial charge in [-0.1, -0.05) is 31.2 Å². The molecule has 0 saturated heterocycles. The van der Waals surface area contributed by atoms with Crippen molar-refractivity contribution in [3.8, 4) is 5.69 Å². The molecule has 0 atom stereocenters. The van der Waals surface area contributed by atoms with Crippen LogP contribution in [0.3, 0.4) is 0 Å². The molecule has 3 heteroatoms. The Hall–Kier alpha value is -2.29. The third-order valence-corrected chi connectivity index (χ3v) is 3.20. The fourth-order valence-electron chi connectivity index (χ4n) is 2.12. The Morgan fingerprint density at radius 3 is 2.44 bits per heavy atom. The number of hydrogen-bond acceptors (Lipinski definition) is 1. The van der Waals surface area contributed by atoms with E-state index in [-0.39, 0.29) is 5.56 Å². The van der Waals surface area contributed by atoms with E-state index in [1.165, 1.54) is 5.56 Å². The van der Waals surface area contributed by atoms with Gasteiger partial charge in [-0.3, -0.25) is 9.89 Å². The van der Waals surface area contributed by atoms with Gasteiger partial charge in [0.1, 0.15) is 0 Å². The van der Waals surface area contributed by atoms with E-state index >= 15 is 0 Å². The van der Waals surface area contributed by atoms with Gasteiger partial charge in [0, 0.05) is 0 Å². The van der Waals surface area contributed by atoms with Crippen LogP contribution in [0.15, 0.2) is 53.3 Å². The van der Waals surface area contributed by atoms with Gasteiger partial charge in [-0.2, -0.15) is 0 Å². The predicted octanol–water partition coefficient (Wildman–Crippen LogP) is 2.88. The van der Waals surface area contributed by atoms with Gasteiger partial charge in [-0.05, 0) is 36.2 Å². The maximum Gasteiger partial charge on any atom is 0.279 e. The molecule has 2 aromatic carbocycles. The summed E-state index contributed by atoms with van der Waals surface area (Å²) in [5.74, 6) is 0. The minimum Gasteiger partial charge on any atom is -0.290 e. The van der Waals surface area contributed by atoms with Gasteiger partial charge in [-0.15, -0.1) is 0 Å². The van der Waals surface area contributed by atoms with E-state index in [0.717, 1.165) is 23.0 Å². The third kappa shape index (κ3) is 1.64. The van der Waals surface area contributed by atoms with E-state index in [9.17, 15) is 4.79 Å². The van der Waals surface area contributed by atoms with Gasteiger partial charge in [0.05, 0.1) is 16.6 Å². The van der Waals surface area contributed by atoms with Crippen molar-refractivity contribution in [2.24, 2.45) is 0 Å². The fourth-order valence-corrected chi connectivity index (χ4v) is 2.12. The number of aromatic nitrogens is 2. The zero-order chi connectivity index (χ0) is 12.5. The van der Waals surface area contributed by atoms with Crippen molar-refractivity contribution in [1.29, 1.82) is 0 Å². The molecule has 0 unspecified atom stereocenters. The summed E-state index contributed by atoms with van der Waals surface area (Å²) in [4.78, 5) is 12.2. The van der Waals surface area contributed by atoms with Crippen molar-refractivity contribution in [2.75, 3.05) is 0 Å².